The number of rotatable bonds is 1. The maximum Gasteiger partial charge on any atom is 0.415 e. The van der Waals surface area contributed by atoms with E-state index in [1.54, 1.807) is 17.0 Å². The zero-order valence-corrected chi connectivity index (χ0v) is 13.1. The lowest BCUT2D eigenvalue weighted by molar-refractivity contribution is 0.0569. The van der Waals surface area contributed by atoms with E-state index in [1.165, 1.54) is 7.11 Å². The second-order valence-electron chi connectivity index (χ2n) is 6.20. The molecule has 0 bridgehead atoms. The largest absolute Gasteiger partial charge is 0.465 e. The Morgan fingerprint density at radius 2 is 1.95 bits per heavy atom. The Morgan fingerprint density at radius 1 is 1.29 bits per heavy atom. The van der Waals surface area contributed by atoms with Gasteiger partial charge in [-0.25, -0.2) is 9.59 Å². The number of methoxy groups -OCH3 is 1. The van der Waals surface area contributed by atoms with Crippen LogP contribution in [0.25, 0.3) is 0 Å². The van der Waals surface area contributed by atoms with Crippen LogP contribution in [0.4, 0.5) is 10.5 Å². The van der Waals surface area contributed by atoms with E-state index in [0.29, 0.717) is 12.0 Å². The smallest absolute Gasteiger partial charge is 0.415 e. The first kappa shape index (κ1) is 15.4. The molecule has 1 unspecified atom stereocenters. The molecular formula is C16H21NO4. The molecule has 0 spiro atoms. The van der Waals surface area contributed by atoms with Gasteiger partial charge in [-0.15, -0.1) is 0 Å². The fraction of sp³-hybridized carbons (Fsp3) is 0.500. The number of esters is 1. The summed E-state index contributed by atoms with van der Waals surface area (Å²) in [5.74, 6) is -0.384. The lowest BCUT2D eigenvalue weighted by atomic mass is 10.0. The molecule has 1 aromatic carbocycles. The molecular weight excluding hydrogens is 270 g/mol. The van der Waals surface area contributed by atoms with Gasteiger partial charge in [-0.2, -0.15) is 0 Å². The Morgan fingerprint density at radius 3 is 2.52 bits per heavy atom. The summed E-state index contributed by atoms with van der Waals surface area (Å²) in [6.07, 6.45) is 0.218. The molecule has 1 aromatic rings. The Bertz CT molecular complexity index is 574. The molecule has 21 heavy (non-hydrogen) atoms. The summed E-state index contributed by atoms with van der Waals surface area (Å²) >= 11 is 0. The van der Waals surface area contributed by atoms with Crippen LogP contribution in [0.15, 0.2) is 18.2 Å². The van der Waals surface area contributed by atoms with Gasteiger partial charge in [0.15, 0.2) is 0 Å². The van der Waals surface area contributed by atoms with Gasteiger partial charge in [0.2, 0.25) is 0 Å². The first-order valence-corrected chi connectivity index (χ1v) is 6.97. The lowest BCUT2D eigenvalue weighted by Gasteiger charge is -2.27. The highest BCUT2D eigenvalue weighted by molar-refractivity contribution is 5.98. The fourth-order valence-electron chi connectivity index (χ4n) is 2.53. The minimum Gasteiger partial charge on any atom is -0.465 e. The van der Waals surface area contributed by atoms with Crippen molar-refractivity contribution in [2.45, 2.75) is 45.8 Å². The predicted molar refractivity (Wildman–Crippen MR) is 79.7 cm³/mol. The van der Waals surface area contributed by atoms with E-state index < -0.39 is 11.7 Å². The fourth-order valence-corrected chi connectivity index (χ4v) is 2.53. The molecule has 1 atom stereocenters. The molecule has 5 nitrogen and oxygen atoms in total. The Balaban J connectivity index is 2.38. The normalized spacial score (nSPS) is 17.4. The topological polar surface area (TPSA) is 55.8 Å². The number of nitrogens with zero attached hydrogens (tertiary/aromatic N) is 1. The van der Waals surface area contributed by atoms with Crippen LogP contribution in [0, 0.1) is 0 Å². The zero-order chi connectivity index (χ0) is 15.8. The highest BCUT2D eigenvalue weighted by atomic mass is 16.6. The SMILES string of the molecule is COC(=O)c1cccc2c1CC(C)N2C(=O)OC(C)(C)C. The van der Waals surface area contributed by atoms with Gasteiger partial charge in [-0.3, -0.25) is 4.90 Å². The van der Waals surface area contributed by atoms with E-state index in [4.69, 9.17) is 9.47 Å². The van der Waals surface area contributed by atoms with Gasteiger partial charge in [-0.05, 0) is 51.8 Å². The van der Waals surface area contributed by atoms with Gasteiger partial charge in [0.1, 0.15) is 5.60 Å². The van der Waals surface area contributed by atoms with E-state index in [0.717, 1.165) is 11.3 Å². The summed E-state index contributed by atoms with van der Waals surface area (Å²) in [4.78, 5) is 25.8. The molecule has 114 valence electrons. The second kappa shape index (κ2) is 5.39. The van der Waals surface area contributed by atoms with E-state index in [1.807, 2.05) is 33.8 Å². The number of ether oxygens (including phenoxy) is 2. The van der Waals surface area contributed by atoms with Crippen LogP contribution in [-0.4, -0.2) is 30.8 Å². The zero-order valence-electron chi connectivity index (χ0n) is 13.1. The van der Waals surface area contributed by atoms with Crippen LogP contribution in [0.2, 0.25) is 0 Å². The summed E-state index contributed by atoms with van der Waals surface area (Å²) in [7, 11) is 1.35. The minimum atomic E-state index is -0.556. The molecule has 0 saturated heterocycles. The molecule has 0 radical (unpaired) electrons. The molecule has 1 amide bonds. The van der Waals surface area contributed by atoms with Crippen molar-refractivity contribution in [3.05, 3.63) is 29.3 Å². The average Bonchev–Trinajstić information content (AvgIpc) is 2.71. The first-order chi connectivity index (χ1) is 9.74. The highest BCUT2D eigenvalue weighted by Gasteiger charge is 2.36. The number of benzene rings is 1. The summed E-state index contributed by atoms with van der Waals surface area (Å²) in [5, 5.41) is 0. The van der Waals surface area contributed by atoms with Gasteiger partial charge in [0, 0.05) is 6.04 Å². The van der Waals surface area contributed by atoms with Crippen LogP contribution in [0.5, 0.6) is 0 Å². The number of carbonyl (C=O) groups is 2. The van der Waals surface area contributed by atoms with Crippen LogP contribution in [-0.2, 0) is 15.9 Å². The van der Waals surface area contributed by atoms with Crippen molar-refractivity contribution >= 4 is 17.7 Å². The van der Waals surface area contributed by atoms with Crippen molar-refractivity contribution in [2.75, 3.05) is 12.0 Å². The number of hydrogen-bond donors (Lipinski definition) is 0. The Hall–Kier alpha value is -2.04. The molecule has 1 aliphatic rings. The molecule has 1 aliphatic heterocycles. The van der Waals surface area contributed by atoms with Gasteiger partial charge in [0.25, 0.3) is 0 Å². The molecule has 2 rings (SSSR count). The van der Waals surface area contributed by atoms with Crippen molar-refractivity contribution < 1.29 is 19.1 Å². The maximum absolute atomic E-state index is 12.4. The Labute approximate surface area is 124 Å². The maximum atomic E-state index is 12.4. The van der Waals surface area contributed by atoms with E-state index in [2.05, 4.69) is 0 Å². The molecule has 5 heteroatoms. The molecule has 0 aromatic heterocycles. The van der Waals surface area contributed by atoms with Gasteiger partial charge >= 0.3 is 12.1 Å². The Kier molecular flexibility index (Phi) is 3.94. The van der Waals surface area contributed by atoms with Gasteiger partial charge in [0.05, 0.1) is 18.4 Å². The van der Waals surface area contributed by atoms with E-state index in [-0.39, 0.29) is 12.0 Å². The van der Waals surface area contributed by atoms with Gasteiger partial charge in [-0.1, -0.05) is 6.07 Å². The third-order valence-corrected chi connectivity index (χ3v) is 3.35. The number of fused-ring (bicyclic) bond motifs is 1. The van der Waals surface area contributed by atoms with Crippen molar-refractivity contribution in [1.29, 1.82) is 0 Å². The highest BCUT2D eigenvalue weighted by Crippen LogP contribution is 2.35. The van der Waals surface area contributed by atoms with Crippen LogP contribution < -0.4 is 4.90 Å². The predicted octanol–water partition coefficient (Wildman–Crippen LogP) is 3.16. The number of amides is 1. The van der Waals surface area contributed by atoms with Crippen LogP contribution in [0.3, 0.4) is 0 Å². The molecule has 0 fully saturated rings. The van der Waals surface area contributed by atoms with Crippen molar-refractivity contribution in [3.8, 4) is 0 Å². The second-order valence-corrected chi connectivity index (χ2v) is 6.20. The van der Waals surface area contributed by atoms with Gasteiger partial charge < -0.3 is 9.47 Å². The van der Waals surface area contributed by atoms with Crippen LogP contribution >= 0.6 is 0 Å². The quantitative estimate of drug-likeness (QED) is 0.746. The van der Waals surface area contributed by atoms with Crippen molar-refractivity contribution in [1.82, 2.24) is 0 Å². The first-order valence-electron chi connectivity index (χ1n) is 6.97. The standard InChI is InChI=1S/C16H21NO4/c1-10-9-12-11(14(18)20-5)7-6-8-13(12)17(10)15(19)21-16(2,3)4/h6-8,10H,9H2,1-5H3. The lowest BCUT2D eigenvalue weighted by Crippen LogP contribution is -2.40. The van der Waals surface area contributed by atoms with Crippen LogP contribution in [0.1, 0.15) is 43.6 Å². The molecule has 0 aliphatic carbocycles. The number of hydrogen-bond acceptors (Lipinski definition) is 4. The number of carbonyl (C=O) groups excluding carboxylic acids is 2. The molecule has 1 heterocycles. The van der Waals surface area contributed by atoms with E-state index >= 15 is 0 Å². The van der Waals surface area contributed by atoms with E-state index in [9.17, 15) is 9.59 Å². The third kappa shape index (κ3) is 3.01. The summed E-state index contributed by atoms with van der Waals surface area (Å²) in [6.45, 7) is 7.43. The summed E-state index contributed by atoms with van der Waals surface area (Å²) in [6, 6.07) is 5.24. The van der Waals surface area contributed by atoms with Crippen molar-refractivity contribution in [3.63, 3.8) is 0 Å². The molecule has 0 saturated carbocycles. The third-order valence-electron chi connectivity index (χ3n) is 3.35. The molecule has 0 N–H and O–H groups in total. The average molecular weight is 291 g/mol. The summed E-state index contributed by atoms with van der Waals surface area (Å²) < 4.78 is 10.2. The monoisotopic (exact) mass is 291 g/mol. The minimum absolute atomic E-state index is 0.0549. The number of anilines is 1. The van der Waals surface area contributed by atoms with Crippen molar-refractivity contribution in [2.24, 2.45) is 0 Å². The summed E-state index contributed by atoms with van der Waals surface area (Å²) in [5.41, 5.74) is 1.51.